The lowest BCUT2D eigenvalue weighted by molar-refractivity contribution is -0.134. The molecular formula is C37H46N2O12. The van der Waals surface area contributed by atoms with E-state index in [-0.39, 0.29) is 5.48 Å². The SMILES string of the molecule is COc1ccc(CN2CCN(CCC(c3ccccc3)c3ccccc3)CC2)c(OC)c1OC.O.O=C(O)C=CC(=O)O.O=C(O)C=CC(=O)O. The Morgan fingerprint density at radius 3 is 1.39 bits per heavy atom. The summed E-state index contributed by atoms with van der Waals surface area (Å²) in [5, 5.41) is 31.2. The van der Waals surface area contributed by atoms with Crippen LogP contribution in [0.3, 0.4) is 0 Å². The summed E-state index contributed by atoms with van der Waals surface area (Å²) in [6.07, 6.45) is 3.35. The predicted molar refractivity (Wildman–Crippen MR) is 190 cm³/mol. The fourth-order valence-corrected chi connectivity index (χ4v) is 5.19. The molecule has 51 heavy (non-hydrogen) atoms. The lowest BCUT2D eigenvalue weighted by Crippen LogP contribution is -2.46. The Labute approximate surface area is 296 Å². The number of carboxylic acid groups (broad SMARTS) is 4. The van der Waals surface area contributed by atoms with Gasteiger partial charge in [-0.05, 0) is 30.2 Å². The number of aliphatic carboxylic acids is 4. The fraction of sp³-hybridized carbons (Fsp3) is 0.297. The first-order valence-corrected chi connectivity index (χ1v) is 15.6. The quantitative estimate of drug-likeness (QED) is 0.176. The molecule has 1 aliphatic rings. The average Bonchev–Trinajstić information content (AvgIpc) is 3.11. The van der Waals surface area contributed by atoms with Crippen LogP contribution >= 0.6 is 0 Å². The number of nitrogens with zero attached hydrogens (tertiary/aromatic N) is 2. The zero-order valence-electron chi connectivity index (χ0n) is 28.8. The zero-order chi connectivity index (χ0) is 36.9. The van der Waals surface area contributed by atoms with E-state index in [0.717, 1.165) is 57.0 Å². The molecule has 0 aliphatic carbocycles. The van der Waals surface area contributed by atoms with Crippen molar-refractivity contribution in [2.24, 2.45) is 0 Å². The lowest BCUT2D eigenvalue weighted by Gasteiger charge is -2.35. The van der Waals surface area contributed by atoms with Crippen molar-refractivity contribution < 1.29 is 59.3 Å². The Morgan fingerprint density at radius 2 is 1.02 bits per heavy atom. The summed E-state index contributed by atoms with van der Waals surface area (Å²) in [6, 6.07) is 25.8. The third kappa shape index (κ3) is 16.0. The van der Waals surface area contributed by atoms with Gasteiger partial charge in [0.25, 0.3) is 0 Å². The maximum absolute atomic E-state index is 9.55. The molecule has 0 radical (unpaired) electrons. The molecular weight excluding hydrogens is 664 g/mol. The van der Waals surface area contributed by atoms with Crippen LogP contribution in [0.4, 0.5) is 0 Å². The number of carboxylic acids is 4. The largest absolute Gasteiger partial charge is 0.493 e. The molecule has 14 nitrogen and oxygen atoms in total. The summed E-state index contributed by atoms with van der Waals surface area (Å²) >= 11 is 0. The molecule has 1 fully saturated rings. The molecule has 0 saturated carbocycles. The van der Waals surface area contributed by atoms with Crippen LogP contribution in [0.2, 0.25) is 0 Å². The number of hydrogen-bond donors (Lipinski definition) is 4. The number of piperazine rings is 1. The molecule has 14 heteroatoms. The highest BCUT2D eigenvalue weighted by atomic mass is 16.5. The van der Waals surface area contributed by atoms with Gasteiger partial charge in [0, 0.05) is 68.5 Å². The smallest absolute Gasteiger partial charge is 0.328 e. The van der Waals surface area contributed by atoms with Gasteiger partial charge in [-0.1, -0.05) is 66.7 Å². The summed E-state index contributed by atoms with van der Waals surface area (Å²) in [5.74, 6) is -2.48. The number of benzene rings is 3. The van der Waals surface area contributed by atoms with Gasteiger partial charge in [0.2, 0.25) is 5.75 Å². The van der Waals surface area contributed by atoms with E-state index in [2.05, 4.69) is 76.5 Å². The van der Waals surface area contributed by atoms with Gasteiger partial charge < -0.3 is 45.0 Å². The zero-order valence-corrected chi connectivity index (χ0v) is 28.8. The van der Waals surface area contributed by atoms with Crippen molar-refractivity contribution >= 4 is 23.9 Å². The number of hydrogen-bond acceptors (Lipinski definition) is 9. The Kier molecular flexibility index (Phi) is 20.1. The van der Waals surface area contributed by atoms with Crippen molar-refractivity contribution in [1.29, 1.82) is 0 Å². The van der Waals surface area contributed by atoms with E-state index in [9.17, 15) is 19.2 Å². The molecule has 3 aromatic carbocycles. The van der Waals surface area contributed by atoms with Crippen molar-refractivity contribution in [2.75, 3.05) is 54.1 Å². The van der Waals surface area contributed by atoms with Crippen LogP contribution in [0, 0.1) is 0 Å². The molecule has 0 aromatic heterocycles. The third-order valence-corrected chi connectivity index (χ3v) is 7.52. The molecule has 0 spiro atoms. The van der Waals surface area contributed by atoms with Crippen LogP contribution in [0.5, 0.6) is 17.2 Å². The van der Waals surface area contributed by atoms with Crippen LogP contribution < -0.4 is 14.2 Å². The van der Waals surface area contributed by atoms with Gasteiger partial charge >= 0.3 is 23.9 Å². The second-order valence-corrected chi connectivity index (χ2v) is 10.8. The molecule has 276 valence electrons. The third-order valence-electron chi connectivity index (χ3n) is 7.52. The normalized spacial score (nSPS) is 12.9. The molecule has 4 rings (SSSR count). The number of carbonyl (C=O) groups is 4. The minimum atomic E-state index is -1.26. The van der Waals surface area contributed by atoms with E-state index in [0.29, 0.717) is 41.7 Å². The van der Waals surface area contributed by atoms with E-state index in [4.69, 9.17) is 34.6 Å². The van der Waals surface area contributed by atoms with E-state index in [1.807, 2.05) is 6.07 Å². The van der Waals surface area contributed by atoms with Crippen LogP contribution in [0.25, 0.3) is 0 Å². The standard InChI is InChI=1S/C29H36N2O3.2C4H4O4.H2O/c1-32-27-15-14-25(28(33-2)29(27)34-3)22-31-20-18-30(19-21-31)17-16-26(23-10-6-4-7-11-23)24-12-8-5-9-13-24;2*5-3(6)1-2-4(7)8;/h4-15,26H,16-22H2,1-3H3;2*1-2H,(H,5,6)(H,7,8);1H2. The van der Waals surface area contributed by atoms with Gasteiger partial charge in [0.05, 0.1) is 21.3 Å². The van der Waals surface area contributed by atoms with Crippen molar-refractivity contribution in [2.45, 2.75) is 18.9 Å². The van der Waals surface area contributed by atoms with Crippen LogP contribution in [-0.4, -0.2) is 114 Å². The highest BCUT2D eigenvalue weighted by Gasteiger charge is 2.22. The Bertz CT molecular complexity index is 1470. The Morgan fingerprint density at radius 1 is 0.608 bits per heavy atom. The maximum Gasteiger partial charge on any atom is 0.328 e. The Hall–Kier alpha value is -5.70. The van der Waals surface area contributed by atoms with Gasteiger partial charge in [-0.15, -0.1) is 0 Å². The second kappa shape index (κ2) is 23.6. The number of ether oxygens (including phenoxy) is 3. The lowest BCUT2D eigenvalue weighted by atomic mass is 9.88. The van der Waals surface area contributed by atoms with Gasteiger partial charge in [-0.25, -0.2) is 19.2 Å². The molecule has 0 atom stereocenters. The summed E-state index contributed by atoms with van der Waals surface area (Å²) < 4.78 is 16.7. The first-order chi connectivity index (χ1) is 24.0. The van der Waals surface area contributed by atoms with Crippen LogP contribution in [0.1, 0.15) is 29.0 Å². The van der Waals surface area contributed by atoms with Crippen LogP contribution in [-0.2, 0) is 25.7 Å². The number of rotatable bonds is 14. The first-order valence-electron chi connectivity index (χ1n) is 15.6. The molecule has 1 aliphatic heterocycles. The topological polar surface area (TPSA) is 215 Å². The Balaban J connectivity index is 0.000000638. The van der Waals surface area contributed by atoms with E-state index in [1.54, 1.807) is 21.3 Å². The predicted octanol–water partition coefficient (Wildman–Crippen LogP) is 3.65. The molecule has 3 aromatic rings. The van der Waals surface area contributed by atoms with Gasteiger partial charge in [-0.3, -0.25) is 4.90 Å². The van der Waals surface area contributed by atoms with Gasteiger partial charge in [0.1, 0.15) is 0 Å². The van der Waals surface area contributed by atoms with Crippen molar-refractivity contribution in [3.8, 4) is 17.2 Å². The van der Waals surface area contributed by atoms with Gasteiger partial charge in [0.15, 0.2) is 11.5 Å². The van der Waals surface area contributed by atoms with Crippen molar-refractivity contribution in [3.63, 3.8) is 0 Å². The highest BCUT2D eigenvalue weighted by molar-refractivity contribution is 5.90. The molecule has 6 N–H and O–H groups in total. The highest BCUT2D eigenvalue weighted by Crippen LogP contribution is 2.40. The van der Waals surface area contributed by atoms with E-state index in [1.165, 1.54) is 11.1 Å². The van der Waals surface area contributed by atoms with E-state index >= 15 is 0 Å². The second-order valence-electron chi connectivity index (χ2n) is 10.8. The summed E-state index contributed by atoms with van der Waals surface area (Å²) in [5.41, 5.74) is 3.92. The number of methoxy groups -OCH3 is 3. The summed E-state index contributed by atoms with van der Waals surface area (Å²) in [4.78, 5) is 43.3. The molecule has 1 heterocycles. The summed E-state index contributed by atoms with van der Waals surface area (Å²) in [6.45, 7) is 6.17. The molecule has 0 bridgehead atoms. The van der Waals surface area contributed by atoms with Crippen LogP contribution in [0.15, 0.2) is 97.1 Å². The average molecular weight is 711 g/mol. The van der Waals surface area contributed by atoms with Crippen molar-refractivity contribution in [1.82, 2.24) is 9.80 Å². The van der Waals surface area contributed by atoms with Crippen molar-refractivity contribution in [3.05, 3.63) is 114 Å². The fourth-order valence-electron chi connectivity index (χ4n) is 5.19. The monoisotopic (exact) mass is 710 g/mol. The van der Waals surface area contributed by atoms with E-state index < -0.39 is 23.9 Å². The first kappa shape index (κ1) is 43.3. The maximum atomic E-state index is 9.55. The minimum Gasteiger partial charge on any atom is -0.493 e. The molecule has 1 saturated heterocycles. The minimum absolute atomic E-state index is 0. The molecule has 0 amide bonds. The van der Waals surface area contributed by atoms with Gasteiger partial charge in [-0.2, -0.15) is 0 Å². The summed E-state index contributed by atoms with van der Waals surface area (Å²) in [7, 11) is 4.99. The molecule has 0 unspecified atom stereocenters.